The topological polar surface area (TPSA) is 87.2 Å². The number of hydrogen-bond acceptors (Lipinski definition) is 6. The summed E-state index contributed by atoms with van der Waals surface area (Å²) in [5, 5.41) is 16.1. The molecule has 1 aromatic carbocycles. The summed E-state index contributed by atoms with van der Waals surface area (Å²) in [6.45, 7) is 2.14. The SMILES string of the molecule is O=C(CSc1ccc(N2CCC[C@@H](C(=O)NC3CC3)C2)nn1)NCCc1ccc(Cl)cc1. The summed E-state index contributed by atoms with van der Waals surface area (Å²) in [6.07, 6.45) is 4.86. The molecule has 0 bridgehead atoms. The first kappa shape index (κ1) is 22.9. The van der Waals surface area contributed by atoms with Gasteiger partial charge in [-0.1, -0.05) is 35.5 Å². The molecule has 1 saturated heterocycles. The average molecular weight is 474 g/mol. The Morgan fingerprint density at radius 2 is 1.91 bits per heavy atom. The van der Waals surface area contributed by atoms with E-state index in [1.807, 2.05) is 36.4 Å². The molecule has 2 amide bonds. The molecule has 1 aromatic heterocycles. The normalized spacial score (nSPS) is 18.3. The first-order chi connectivity index (χ1) is 15.6. The molecule has 1 saturated carbocycles. The molecule has 1 aliphatic heterocycles. The van der Waals surface area contributed by atoms with Gasteiger partial charge in [-0.05, 0) is 61.9 Å². The van der Waals surface area contributed by atoms with Crippen LogP contribution in [0.1, 0.15) is 31.2 Å². The van der Waals surface area contributed by atoms with Crippen molar-refractivity contribution in [2.45, 2.75) is 43.2 Å². The van der Waals surface area contributed by atoms with Gasteiger partial charge in [-0.3, -0.25) is 9.59 Å². The van der Waals surface area contributed by atoms with E-state index in [-0.39, 0.29) is 17.7 Å². The molecule has 9 heteroatoms. The van der Waals surface area contributed by atoms with Gasteiger partial charge in [-0.15, -0.1) is 10.2 Å². The second-order valence-corrected chi connectivity index (χ2v) is 9.74. The lowest BCUT2D eigenvalue weighted by Gasteiger charge is -2.32. The van der Waals surface area contributed by atoms with E-state index in [1.165, 1.54) is 11.8 Å². The molecule has 170 valence electrons. The minimum absolute atomic E-state index is 0.0109. The molecule has 0 unspecified atom stereocenters. The maximum atomic E-state index is 12.4. The molecule has 1 aliphatic carbocycles. The van der Waals surface area contributed by atoms with E-state index in [1.54, 1.807) is 0 Å². The van der Waals surface area contributed by atoms with E-state index >= 15 is 0 Å². The largest absolute Gasteiger partial charge is 0.355 e. The summed E-state index contributed by atoms with van der Waals surface area (Å²) < 4.78 is 0. The number of carbonyl (C=O) groups excluding carboxylic acids is 2. The molecule has 2 aliphatic rings. The maximum Gasteiger partial charge on any atom is 0.230 e. The maximum absolute atomic E-state index is 12.4. The van der Waals surface area contributed by atoms with Crippen LogP contribution in [-0.2, 0) is 16.0 Å². The lowest BCUT2D eigenvalue weighted by Crippen LogP contribution is -2.44. The van der Waals surface area contributed by atoms with Crippen LogP contribution in [0.2, 0.25) is 5.02 Å². The lowest BCUT2D eigenvalue weighted by atomic mass is 9.97. The van der Waals surface area contributed by atoms with Gasteiger partial charge >= 0.3 is 0 Å². The standard InChI is InChI=1S/C23H28ClN5O2S/c24-18-5-3-16(4-6-18)11-12-25-21(30)15-32-22-10-9-20(27-28-22)29-13-1-2-17(14-29)23(31)26-19-7-8-19/h3-6,9-10,17,19H,1-2,7-8,11-15H2,(H,25,30)(H,26,31)/t17-/m1/s1. The monoisotopic (exact) mass is 473 g/mol. The highest BCUT2D eigenvalue weighted by Crippen LogP contribution is 2.25. The molecule has 32 heavy (non-hydrogen) atoms. The zero-order chi connectivity index (χ0) is 22.3. The van der Waals surface area contributed by atoms with Gasteiger partial charge in [0, 0.05) is 30.7 Å². The Morgan fingerprint density at radius 3 is 2.62 bits per heavy atom. The van der Waals surface area contributed by atoms with Gasteiger partial charge in [0.05, 0.1) is 11.7 Å². The fraction of sp³-hybridized carbons (Fsp3) is 0.478. The summed E-state index contributed by atoms with van der Waals surface area (Å²) in [5.74, 6) is 1.22. The number of halogens is 1. The Morgan fingerprint density at radius 1 is 1.09 bits per heavy atom. The molecule has 0 spiro atoms. The van der Waals surface area contributed by atoms with Crippen molar-refractivity contribution >= 4 is 41.0 Å². The number of nitrogens with zero attached hydrogens (tertiary/aromatic N) is 3. The van der Waals surface area contributed by atoms with Crippen molar-refractivity contribution in [1.29, 1.82) is 0 Å². The van der Waals surface area contributed by atoms with E-state index in [9.17, 15) is 9.59 Å². The number of piperidine rings is 1. The second kappa shape index (κ2) is 11.0. The van der Waals surface area contributed by atoms with E-state index in [0.29, 0.717) is 34.9 Å². The molecule has 1 atom stereocenters. The van der Waals surface area contributed by atoms with Crippen LogP contribution in [0.5, 0.6) is 0 Å². The van der Waals surface area contributed by atoms with Gasteiger partial charge < -0.3 is 15.5 Å². The summed E-state index contributed by atoms with van der Waals surface area (Å²) in [4.78, 5) is 26.6. The van der Waals surface area contributed by atoms with Gasteiger partial charge in [0.25, 0.3) is 0 Å². The number of hydrogen-bond donors (Lipinski definition) is 2. The Hall–Kier alpha value is -2.32. The Balaban J connectivity index is 1.19. The summed E-state index contributed by atoms with van der Waals surface area (Å²) in [7, 11) is 0. The number of rotatable bonds is 9. The lowest BCUT2D eigenvalue weighted by molar-refractivity contribution is -0.125. The highest BCUT2D eigenvalue weighted by Gasteiger charge is 2.30. The van der Waals surface area contributed by atoms with Gasteiger partial charge in [0.2, 0.25) is 11.8 Å². The molecular weight excluding hydrogens is 446 g/mol. The van der Waals surface area contributed by atoms with Crippen LogP contribution < -0.4 is 15.5 Å². The molecule has 2 fully saturated rings. The van der Waals surface area contributed by atoms with E-state index in [4.69, 9.17) is 11.6 Å². The number of benzene rings is 1. The van der Waals surface area contributed by atoms with E-state index in [2.05, 4.69) is 25.7 Å². The second-order valence-electron chi connectivity index (χ2n) is 8.31. The number of amides is 2. The third-order valence-corrected chi connectivity index (χ3v) is 6.84. The van der Waals surface area contributed by atoms with Crippen molar-refractivity contribution < 1.29 is 9.59 Å². The highest BCUT2D eigenvalue weighted by atomic mass is 35.5. The number of aromatic nitrogens is 2. The van der Waals surface area contributed by atoms with Gasteiger partial charge in [-0.25, -0.2) is 0 Å². The zero-order valence-electron chi connectivity index (χ0n) is 17.9. The highest BCUT2D eigenvalue weighted by molar-refractivity contribution is 7.99. The molecule has 2 heterocycles. The fourth-order valence-electron chi connectivity index (χ4n) is 3.69. The molecular formula is C23H28ClN5O2S. The molecule has 7 nitrogen and oxygen atoms in total. The van der Waals surface area contributed by atoms with Gasteiger partial charge in [-0.2, -0.15) is 0 Å². The third kappa shape index (κ3) is 6.84. The minimum Gasteiger partial charge on any atom is -0.355 e. The summed E-state index contributed by atoms with van der Waals surface area (Å²) in [6, 6.07) is 11.8. The van der Waals surface area contributed by atoms with Crippen LogP contribution in [0.4, 0.5) is 5.82 Å². The molecule has 2 N–H and O–H groups in total. The van der Waals surface area contributed by atoms with Crippen LogP contribution >= 0.6 is 23.4 Å². The number of anilines is 1. The van der Waals surface area contributed by atoms with Crippen LogP contribution in [0.15, 0.2) is 41.4 Å². The van der Waals surface area contributed by atoms with Crippen molar-refractivity contribution in [2.24, 2.45) is 5.92 Å². The van der Waals surface area contributed by atoms with Crippen LogP contribution in [0, 0.1) is 5.92 Å². The Bertz CT molecular complexity index is 921. The van der Waals surface area contributed by atoms with E-state index in [0.717, 1.165) is 50.0 Å². The number of nitrogens with one attached hydrogen (secondary N) is 2. The van der Waals surface area contributed by atoms with Crippen molar-refractivity contribution in [1.82, 2.24) is 20.8 Å². The molecule has 2 aromatic rings. The summed E-state index contributed by atoms with van der Waals surface area (Å²) >= 11 is 7.25. The smallest absolute Gasteiger partial charge is 0.230 e. The fourth-order valence-corrected chi connectivity index (χ4v) is 4.46. The number of thioether (sulfide) groups is 1. The Kier molecular flexibility index (Phi) is 7.86. The summed E-state index contributed by atoms with van der Waals surface area (Å²) in [5.41, 5.74) is 1.13. The third-order valence-electron chi connectivity index (χ3n) is 5.67. The van der Waals surface area contributed by atoms with Crippen molar-refractivity contribution in [2.75, 3.05) is 30.3 Å². The van der Waals surface area contributed by atoms with Crippen molar-refractivity contribution in [3.63, 3.8) is 0 Å². The van der Waals surface area contributed by atoms with Crippen LogP contribution in [0.3, 0.4) is 0 Å². The number of carbonyl (C=O) groups is 2. The quantitative estimate of drug-likeness (QED) is 0.544. The predicted octanol–water partition coefficient (Wildman–Crippen LogP) is 3.08. The Labute approximate surface area is 197 Å². The molecule has 0 radical (unpaired) electrons. The first-order valence-electron chi connectivity index (χ1n) is 11.1. The first-order valence-corrected chi connectivity index (χ1v) is 12.5. The van der Waals surface area contributed by atoms with Crippen LogP contribution in [0.25, 0.3) is 0 Å². The van der Waals surface area contributed by atoms with Crippen molar-refractivity contribution in [3.8, 4) is 0 Å². The zero-order valence-corrected chi connectivity index (χ0v) is 19.5. The van der Waals surface area contributed by atoms with Gasteiger partial charge in [0.15, 0.2) is 5.82 Å². The van der Waals surface area contributed by atoms with Gasteiger partial charge in [0.1, 0.15) is 5.03 Å². The average Bonchev–Trinajstić information content (AvgIpc) is 3.63. The van der Waals surface area contributed by atoms with E-state index < -0.39 is 0 Å². The predicted molar refractivity (Wildman–Crippen MR) is 127 cm³/mol. The van der Waals surface area contributed by atoms with Crippen molar-refractivity contribution in [3.05, 3.63) is 47.0 Å². The minimum atomic E-state index is -0.0320. The molecule has 4 rings (SSSR count). The van der Waals surface area contributed by atoms with Crippen LogP contribution in [-0.4, -0.2) is 53.4 Å².